The van der Waals surface area contributed by atoms with E-state index >= 15 is 0 Å². The highest BCUT2D eigenvalue weighted by Crippen LogP contribution is 2.45. The van der Waals surface area contributed by atoms with Crippen LogP contribution in [0.4, 0.5) is 0 Å². The van der Waals surface area contributed by atoms with Crippen LogP contribution in [0.1, 0.15) is 27.4 Å². The second-order valence-electron chi connectivity index (χ2n) is 7.52. The van der Waals surface area contributed by atoms with E-state index in [9.17, 15) is 14.9 Å². The van der Waals surface area contributed by atoms with Gasteiger partial charge in [-0.25, -0.2) is 9.59 Å². The summed E-state index contributed by atoms with van der Waals surface area (Å²) in [5.41, 5.74) is 6.89. The van der Waals surface area contributed by atoms with Gasteiger partial charge in [0.15, 0.2) is 0 Å². The molecule has 0 radical (unpaired) electrons. The maximum Gasteiger partial charge on any atom is 0.351 e. The first kappa shape index (κ1) is 21.3. The summed E-state index contributed by atoms with van der Waals surface area (Å²) >= 11 is 6.40. The van der Waals surface area contributed by atoms with Crippen LogP contribution in [0.5, 0.6) is 11.5 Å². The summed E-state index contributed by atoms with van der Waals surface area (Å²) in [6, 6.07) is 22.2. The molecule has 0 fully saturated rings. The van der Waals surface area contributed by atoms with Gasteiger partial charge in [0.25, 0.3) is 0 Å². The molecule has 4 aromatic rings. The van der Waals surface area contributed by atoms with Gasteiger partial charge in [0, 0.05) is 22.0 Å². The van der Waals surface area contributed by atoms with Gasteiger partial charge in [0.2, 0.25) is 5.88 Å². The highest BCUT2D eigenvalue weighted by molar-refractivity contribution is 6.31. The molecule has 0 saturated heterocycles. The van der Waals surface area contributed by atoms with Crippen molar-refractivity contribution in [1.82, 2.24) is 0 Å². The highest BCUT2D eigenvalue weighted by Gasteiger charge is 2.32. The SMILES string of the molecule is N#CC1=C(N)Oc2cc(OC(=O)c3cc4ccccc4oc3=O)ccc2C1c1ccccc1Cl. The number of halogens is 1. The number of rotatable bonds is 3. The molecule has 0 amide bonds. The fraction of sp³-hybridized carbons (Fsp3) is 0.0385. The van der Waals surface area contributed by atoms with Crippen LogP contribution in [0, 0.1) is 11.3 Å². The summed E-state index contributed by atoms with van der Waals surface area (Å²) in [6.07, 6.45) is 0. The number of esters is 1. The lowest BCUT2D eigenvalue weighted by Gasteiger charge is -2.27. The van der Waals surface area contributed by atoms with E-state index in [1.807, 2.05) is 6.07 Å². The molecule has 8 heteroatoms. The minimum atomic E-state index is -0.876. The van der Waals surface area contributed by atoms with Gasteiger partial charge < -0.3 is 19.6 Å². The van der Waals surface area contributed by atoms with Crippen LogP contribution in [0.25, 0.3) is 11.0 Å². The minimum Gasteiger partial charge on any atom is -0.440 e. The molecule has 1 aromatic heterocycles. The topological polar surface area (TPSA) is 116 Å². The summed E-state index contributed by atoms with van der Waals surface area (Å²) in [7, 11) is 0. The largest absolute Gasteiger partial charge is 0.440 e. The Kier molecular flexibility index (Phi) is 5.28. The van der Waals surface area contributed by atoms with Gasteiger partial charge in [0.05, 0.1) is 5.92 Å². The van der Waals surface area contributed by atoms with Crippen molar-refractivity contribution >= 4 is 28.5 Å². The molecule has 0 bridgehead atoms. The molecule has 1 aliphatic rings. The van der Waals surface area contributed by atoms with Crippen molar-refractivity contribution in [3.05, 3.63) is 116 Å². The molecule has 34 heavy (non-hydrogen) atoms. The number of benzene rings is 3. The third-order valence-electron chi connectivity index (χ3n) is 5.48. The smallest absolute Gasteiger partial charge is 0.351 e. The van der Waals surface area contributed by atoms with Crippen LogP contribution >= 0.6 is 11.6 Å². The molecule has 1 unspecified atom stereocenters. The predicted molar refractivity (Wildman–Crippen MR) is 125 cm³/mol. The molecule has 0 spiro atoms. The molecule has 7 nitrogen and oxygen atoms in total. The Balaban J connectivity index is 1.51. The summed E-state index contributed by atoms with van der Waals surface area (Å²) in [5.74, 6) is -1.07. The van der Waals surface area contributed by atoms with E-state index < -0.39 is 17.5 Å². The Hall–Kier alpha value is -4.54. The fourth-order valence-corrected chi connectivity index (χ4v) is 4.14. The molecular weight excluding hydrogens is 456 g/mol. The first-order valence-electron chi connectivity index (χ1n) is 10.2. The maximum absolute atomic E-state index is 12.7. The van der Waals surface area contributed by atoms with Crippen molar-refractivity contribution in [1.29, 1.82) is 5.26 Å². The Bertz CT molecular complexity index is 1600. The number of carbonyl (C=O) groups excluding carboxylic acids is 1. The molecular formula is C26H15ClN2O5. The summed E-state index contributed by atoms with van der Waals surface area (Å²) < 4.78 is 16.3. The van der Waals surface area contributed by atoms with Gasteiger partial charge in [0.1, 0.15) is 34.3 Å². The van der Waals surface area contributed by atoms with Crippen molar-refractivity contribution in [2.75, 3.05) is 0 Å². The van der Waals surface area contributed by atoms with E-state index in [0.717, 1.165) is 0 Å². The summed E-state index contributed by atoms with van der Waals surface area (Å²) in [5, 5.41) is 10.8. The summed E-state index contributed by atoms with van der Waals surface area (Å²) in [6.45, 7) is 0. The third kappa shape index (κ3) is 3.66. The number of hydrogen-bond donors (Lipinski definition) is 1. The van der Waals surface area contributed by atoms with Gasteiger partial charge in [-0.2, -0.15) is 5.26 Å². The normalized spacial score (nSPS) is 14.8. The van der Waals surface area contributed by atoms with Crippen LogP contribution in [0.3, 0.4) is 0 Å². The Morgan fingerprint density at radius 2 is 1.79 bits per heavy atom. The zero-order valence-electron chi connectivity index (χ0n) is 17.4. The fourth-order valence-electron chi connectivity index (χ4n) is 3.89. The molecule has 5 rings (SSSR count). The van der Waals surface area contributed by atoms with E-state index in [-0.39, 0.29) is 22.8 Å². The standard InChI is InChI=1S/C26H15ClN2O5/c27-20-7-3-2-6-16(20)23-17-10-9-15(12-22(17)33-24(29)19(23)13-28)32-25(30)18-11-14-5-1-4-8-21(14)34-26(18)31/h1-12,23H,29H2. The van der Waals surface area contributed by atoms with Crippen LogP contribution in [0.15, 0.2) is 93.5 Å². The van der Waals surface area contributed by atoms with Crippen LogP contribution in [-0.4, -0.2) is 5.97 Å². The molecule has 2 N–H and O–H groups in total. The van der Waals surface area contributed by atoms with E-state index in [2.05, 4.69) is 6.07 Å². The van der Waals surface area contributed by atoms with Gasteiger partial charge in [-0.1, -0.05) is 54.1 Å². The molecule has 3 aromatic carbocycles. The van der Waals surface area contributed by atoms with E-state index in [0.29, 0.717) is 32.9 Å². The first-order valence-corrected chi connectivity index (χ1v) is 10.5. The number of nitrogens with zero attached hydrogens (tertiary/aromatic N) is 1. The summed E-state index contributed by atoms with van der Waals surface area (Å²) in [4.78, 5) is 25.0. The van der Waals surface area contributed by atoms with Gasteiger partial charge >= 0.3 is 11.6 Å². The van der Waals surface area contributed by atoms with Crippen molar-refractivity contribution in [3.8, 4) is 17.6 Å². The lowest BCUT2D eigenvalue weighted by Crippen LogP contribution is -2.22. The number of fused-ring (bicyclic) bond motifs is 2. The van der Waals surface area contributed by atoms with E-state index in [1.165, 1.54) is 12.1 Å². The second kappa shape index (κ2) is 8.43. The zero-order valence-corrected chi connectivity index (χ0v) is 18.2. The molecule has 2 heterocycles. The van der Waals surface area contributed by atoms with Crippen molar-refractivity contribution in [3.63, 3.8) is 0 Å². The maximum atomic E-state index is 12.7. The average Bonchev–Trinajstić information content (AvgIpc) is 2.83. The number of allylic oxidation sites excluding steroid dienone is 1. The lowest BCUT2D eigenvalue weighted by molar-refractivity contribution is 0.0730. The number of hydrogen-bond acceptors (Lipinski definition) is 7. The second-order valence-corrected chi connectivity index (χ2v) is 7.93. The Labute approximate surface area is 198 Å². The van der Waals surface area contributed by atoms with Gasteiger partial charge in [-0.15, -0.1) is 0 Å². The molecule has 166 valence electrons. The van der Waals surface area contributed by atoms with Crippen LogP contribution in [0.2, 0.25) is 5.02 Å². The van der Waals surface area contributed by atoms with Gasteiger partial charge in [-0.05, 0) is 29.8 Å². The number of nitriles is 1. The number of carbonyl (C=O) groups is 1. The quantitative estimate of drug-likeness (QED) is 0.257. The molecule has 1 atom stereocenters. The number of para-hydroxylation sites is 1. The zero-order chi connectivity index (χ0) is 23.8. The van der Waals surface area contributed by atoms with Gasteiger partial charge in [-0.3, -0.25) is 0 Å². The van der Waals surface area contributed by atoms with Crippen molar-refractivity contribution in [2.45, 2.75) is 5.92 Å². The van der Waals surface area contributed by atoms with Crippen LogP contribution in [-0.2, 0) is 0 Å². The van der Waals surface area contributed by atoms with Crippen molar-refractivity contribution < 1.29 is 18.7 Å². The lowest BCUT2D eigenvalue weighted by atomic mass is 9.83. The van der Waals surface area contributed by atoms with Crippen LogP contribution < -0.4 is 20.8 Å². The Morgan fingerprint density at radius 1 is 1.03 bits per heavy atom. The molecule has 1 aliphatic heterocycles. The highest BCUT2D eigenvalue weighted by atomic mass is 35.5. The number of nitrogens with two attached hydrogens (primary N) is 1. The monoisotopic (exact) mass is 470 g/mol. The van der Waals surface area contributed by atoms with E-state index in [1.54, 1.807) is 54.6 Å². The third-order valence-corrected chi connectivity index (χ3v) is 5.82. The minimum absolute atomic E-state index is 0.0708. The molecule has 0 aliphatic carbocycles. The van der Waals surface area contributed by atoms with E-state index in [4.69, 9.17) is 31.2 Å². The van der Waals surface area contributed by atoms with Crippen molar-refractivity contribution in [2.24, 2.45) is 5.73 Å². The number of ether oxygens (including phenoxy) is 2. The average molecular weight is 471 g/mol. The first-order chi connectivity index (χ1) is 16.5. The Morgan fingerprint density at radius 3 is 2.59 bits per heavy atom. The molecule has 0 saturated carbocycles. The predicted octanol–water partition coefficient (Wildman–Crippen LogP) is 4.88.